The lowest BCUT2D eigenvalue weighted by Crippen LogP contribution is -2.16. The quantitative estimate of drug-likeness (QED) is 0.619. The fraction of sp³-hybridized carbons (Fsp3) is 0.917. The van der Waals surface area contributed by atoms with Crippen LogP contribution in [0.25, 0.3) is 0 Å². The Bertz CT molecular complexity index is 173. The lowest BCUT2D eigenvalue weighted by Gasteiger charge is -2.10. The van der Waals surface area contributed by atoms with Crippen LogP contribution in [0.15, 0.2) is 0 Å². The van der Waals surface area contributed by atoms with Gasteiger partial charge in [0.15, 0.2) is 0 Å². The van der Waals surface area contributed by atoms with E-state index in [0.29, 0.717) is 11.7 Å². The first-order valence-electron chi connectivity index (χ1n) is 5.96. The third-order valence-corrected chi connectivity index (χ3v) is 3.94. The molecule has 0 aromatic heterocycles. The summed E-state index contributed by atoms with van der Waals surface area (Å²) in [6.45, 7) is 6.63. The van der Waals surface area contributed by atoms with Crippen molar-refractivity contribution in [1.82, 2.24) is 0 Å². The van der Waals surface area contributed by atoms with E-state index >= 15 is 0 Å². The van der Waals surface area contributed by atoms with E-state index in [9.17, 15) is 4.79 Å². The Hall–Kier alpha value is -0.180. The number of carbonyl (C=O) groups is 1. The minimum atomic E-state index is -0.186. The van der Waals surface area contributed by atoms with Gasteiger partial charge in [0.05, 0.1) is 0 Å². The Morgan fingerprint density at radius 1 is 1.33 bits per heavy atom. The number of carbonyl (C=O) groups excluding carboxylic acids is 1. The Kier molecular flexibility index (Phi) is 8.97. The molecule has 0 aliphatic rings. The Balaban J connectivity index is 3.27. The number of primary amides is 1. The van der Waals surface area contributed by atoms with E-state index < -0.39 is 0 Å². The van der Waals surface area contributed by atoms with Crippen LogP contribution >= 0.6 is 11.8 Å². The largest absolute Gasteiger partial charge is 0.370 e. The van der Waals surface area contributed by atoms with E-state index in [1.165, 1.54) is 25.7 Å². The molecule has 0 radical (unpaired) electrons. The molecule has 1 amide bonds. The van der Waals surface area contributed by atoms with Crippen molar-refractivity contribution in [3.8, 4) is 0 Å². The van der Waals surface area contributed by atoms with Gasteiger partial charge in [-0.2, -0.15) is 11.8 Å². The van der Waals surface area contributed by atoms with Crippen molar-refractivity contribution in [3.05, 3.63) is 0 Å². The Morgan fingerprint density at radius 2 is 2.00 bits per heavy atom. The van der Waals surface area contributed by atoms with Crippen LogP contribution in [-0.4, -0.2) is 16.9 Å². The summed E-state index contributed by atoms with van der Waals surface area (Å²) in [7, 11) is 0. The summed E-state index contributed by atoms with van der Waals surface area (Å²) in [6, 6.07) is 0. The molecule has 0 aliphatic carbocycles. The molecule has 15 heavy (non-hydrogen) atoms. The van der Waals surface area contributed by atoms with Gasteiger partial charge in [-0.15, -0.1) is 0 Å². The molecule has 0 spiro atoms. The lowest BCUT2D eigenvalue weighted by atomic mass is 10.0. The van der Waals surface area contributed by atoms with Gasteiger partial charge in [-0.25, -0.2) is 0 Å². The molecule has 0 saturated heterocycles. The highest BCUT2D eigenvalue weighted by molar-refractivity contribution is 7.99. The molecule has 0 rings (SSSR count). The number of nitrogens with two attached hydrogens (primary N) is 1. The molecule has 2 N–H and O–H groups in total. The molecule has 3 heteroatoms. The van der Waals surface area contributed by atoms with Crippen LogP contribution < -0.4 is 5.73 Å². The molecule has 0 heterocycles. The second-order valence-electron chi connectivity index (χ2n) is 4.36. The van der Waals surface area contributed by atoms with Crippen LogP contribution in [0.4, 0.5) is 0 Å². The molecular formula is C12H25NOS. The molecule has 90 valence electrons. The molecule has 0 aromatic rings. The molecule has 2 unspecified atom stereocenters. The zero-order valence-electron chi connectivity index (χ0n) is 10.3. The monoisotopic (exact) mass is 231 g/mol. The van der Waals surface area contributed by atoms with Crippen molar-refractivity contribution in [3.63, 3.8) is 0 Å². The fourth-order valence-corrected chi connectivity index (χ4v) is 2.48. The lowest BCUT2D eigenvalue weighted by molar-refractivity contribution is -0.117. The van der Waals surface area contributed by atoms with E-state index in [4.69, 9.17) is 5.73 Å². The summed E-state index contributed by atoms with van der Waals surface area (Å²) in [5.74, 6) is 1.83. The summed E-state index contributed by atoms with van der Waals surface area (Å²) in [4.78, 5) is 10.6. The standard InChI is InChI=1S/C12H25NOS/c1-4-10(2)7-5-6-8-15-11(3)9-12(13)14/h10-11H,4-9H2,1-3H3,(H2,13,14). The second-order valence-corrected chi connectivity index (χ2v) is 5.91. The average molecular weight is 231 g/mol. The van der Waals surface area contributed by atoms with Crippen molar-refractivity contribution in [1.29, 1.82) is 0 Å². The minimum Gasteiger partial charge on any atom is -0.370 e. The summed E-state index contributed by atoms with van der Waals surface area (Å²) in [6.07, 6.45) is 5.70. The Morgan fingerprint density at radius 3 is 2.53 bits per heavy atom. The number of rotatable bonds is 9. The van der Waals surface area contributed by atoms with Crippen LogP contribution in [0, 0.1) is 5.92 Å². The van der Waals surface area contributed by atoms with Crippen LogP contribution in [0.2, 0.25) is 0 Å². The smallest absolute Gasteiger partial charge is 0.218 e. The highest BCUT2D eigenvalue weighted by Crippen LogP contribution is 2.18. The number of hydrogen-bond acceptors (Lipinski definition) is 2. The maximum atomic E-state index is 10.6. The average Bonchev–Trinajstić information content (AvgIpc) is 2.15. The first-order valence-corrected chi connectivity index (χ1v) is 7.01. The SMILES string of the molecule is CCC(C)CCCCSC(C)CC(N)=O. The van der Waals surface area contributed by atoms with Crippen molar-refractivity contribution in [2.45, 2.75) is 58.1 Å². The van der Waals surface area contributed by atoms with Gasteiger partial charge in [0.2, 0.25) is 5.91 Å². The first kappa shape index (κ1) is 14.8. The predicted molar refractivity (Wildman–Crippen MR) is 69.0 cm³/mol. The van der Waals surface area contributed by atoms with Gasteiger partial charge in [-0.1, -0.05) is 40.0 Å². The zero-order valence-corrected chi connectivity index (χ0v) is 11.1. The van der Waals surface area contributed by atoms with Gasteiger partial charge < -0.3 is 5.73 Å². The number of unbranched alkanes of at least 4 members (excludes halogenated alkanes) is 1. The summed E-state index contributed by atoms with van der Waals surface area (Å²) < 4.78 is 0. The van der Waals surface area contributed by atoms with Gasteiger partial charge in [0, 0.05) is 11.7 Å². The fourth-order valence-electron chi connectivity index (χ4n) is 1.43. The highest BCUT2D eigenvalue weighted by Gasteiger charge is 2.06. The molecule has 2 atom stereocenters. The van der Waals surface area contributed by atoms with E-state index in [-0.39, 0.29) is 5.91 Å². The number of amides is 1. The van der Waals surface area contributed by atoms with E-state index in [1.807, 2.05) is 11.8 Å². The van der Waals surface area contributed by atoms with E-state index in [1.54, 1.807) is 0 Å². The van der Waals surface area contributed by atoms with Gasteiger partial charge >= 0.3 is 0 Å². The first-order chi connectivity index (χ1) is 7.06. The van der Waals surface area contributed by atoms with Gasteiger partial charge in [-0.3, -0.25) is 4.79 Å². The van der Waals surface area contributed by atoms with Crippen molar-refractivity contribution >= 4 is 17.7 Å². The topological polar surface area (TPSA) is 43.1 Å². The van der Waals surface area contributed by atoms with Gasteiger partial charge in [-0.05, 0) is 18.1 Å². The molecule has 0 bridgehead atoms. The van der Waals surface area contributed by atoms with E-state index in [2.05, 4.69) is 20.8 Å². The normalized spacial score (nSPS) is 14.9. The number of thioether (sulfide) groups is 1. The molecule has 2 nitrogen and oxygen atoms in total. The maximum absolute atomic E-state index is 10.6. The van der Waals surface area contributed by atoms with Crippen LogP contribution in [0.5, 0.6) is 0 Å². The molecular weight excluding hydrogens is 206 g/mol. The van der Waals surface area contributed by atoms with Crippen molar-refractivity contribution < 1.29 is 4.79 Å². The van der Waals surface area contributed by atoms with Gasteiger partial charge in [0.25, 0.3) is 0 Å². The van der Waals surface area contributed by atoms with E-state index in [0.717, 1.165) is 11.7 Å². The summed E-state index contributed by atoms with van der Waals surface area (Å²) in [5, 5.41) is 0.381. The predicted octanol–water partition coefficient (Wildman–Crippen LogP) is 3.20. The summed E-state index contributed by atoms with van der Waals surface area (Å²) in [5.41, 5.74) is 5.13. The van der Waals surface area contributed by atoms with Gasteiger partial charge in [0.1, 0.15) is 0 Å². The number of hydrogen-bond donors (Lipinski definition) is 1. The maximum Gasteiger partial charge on any atom is 0.218 e. The molecule has 0 aromatic carbocycles. The van der Waals surface area contributed by atoms with Crippen LogP contribution in [0.3, 0.4) is 0 Å². The van der Waals surface area contributed by atoms with Crippen molar-refractivity contribution in [2.75, 3.05) is 5.75 Å². The minimum absolute atomic E-state index is 0.186. The zero-order chi connectivity index (χ0) is 11.7. The Labute approximate surface area is 98.4 Å². The molecule has 0 saturated carbocycles. The highest BCUT2D eigenvalue weighted by atomic mass is 32.2. The molecule has 0 aliphatic heterocycles. The third-order valence-electron chi connectivity index (χ3n) is 2.68. The van der Waals surface area contributed by atoms with Crippen LogP contribution in [0.1, 0.15) is 52.9 Å². The summed E-state index contributed by atoms with van der Waals surface area (Å²) >= 11 is 1.86. The second kappa shape index (κ2) is 9.08. The third kappa shape index (κ3) is 10.1. The van der Waals surface area contributed by atoms with Crippen LogP contribution in [-0.2, 0) is 4.79 Å². The molecule has 0 fully saturated rings. The van der Waals surface area contributed by atoms with Crippen molar-refractivity contribution in [2.24, 2.45) is 11.7 Å².